The summed E-state index contributed by atoms with van der Waals surface area (Å²) in [5.74, 6) is 0.713. The number of ether oxygens (including phenoxy) is 1. The van der Waals surface area contributed by atoms with Crippen LogP contribution < -0.4 is 10.1 Å². The molecule has 0 spiro atoms. The van der Waals surface area contributed by atoms with Crippen LogP contribution in [0, 0.1) is 6.92 Å². The standard InChI is InChI=1S/C22H19Cl2NOS/c1-15-6-8-16(9-7-15)13-25-22(27)19-4-2-3-5-21(19)26-14-17-10-11-18(23)12-20(17)24/h2-12H,13-14H2,1H3,(H,25,27). The monoisotopic (exact) mass is 415 g/mol. The number of benzene rings is 3. The van der Waals surface area contributed by atoms with Crippen molar-refractivity contribution in [2.75, 3.05) is 0 Å². The molecule has 0 saturated carbocycles. The topological polar surface area (TPSA) is 21.3 Å². The second-order valence-corrected chi connectivity index (χ2v) is 7.44. The molecular formula is C22H19Cl2NOS. The lowest BCUT2D eigenvalue weighted by molar-refractivity contribution is 0.305. The van der Waals surface area contributed by atoms with Gasteiger partial charge in [-0.15, -0.1) is 0 Å². The normalized spacial score (nSPS) is 10.5. The van der Waals surface area contributed by atoms with Gasteiger partial charge in [-0.1, -0.05) is 83.4 Å². The summed E-state index contributed by atoms with van der Waals surface area (Å²) in [6, 6.07) is 21.4. The third kappa shape index (κ3) is 5.46. The molecule has 3 rings (SSSR count). The maximum absolute atomic E-state index is 6.22. The van der Waals surface area contributed by atoms with Crippen molar-refractivity contribution in [1.29, 1.82) is 0 Å². The number of thiocarbonyl (C=S) groups is 1. The predicted molar refractivity (Wildman–Crippen MR) is 117 cm³/mol. The Bertz CT molecular complexity index is 941. The van der Waals surface area contributed by atoms with Crippen molar-refractivity contribution in [3.05, 3.63) is 99.0 Å². The van der Waals surface area contributed by atoms with Crippen molar-refractivity contribution in [1.82, 2.24) is 5.32 Å². The van der Waals surface area contributed by atoms with E-state index in [0.717, 1.165) is 11.1 Å². The summed E-state index contributed by atoms with van der Waals surface area (Å²) in [6.45, 7) is 3.08. The Morgan fingerprint density at radius 1 is 1.00 bits per heavy atom. The molecule has 0 radical (unpaired) electrons. The molecule has 1 N–H and O–H groups in total. The first-order valence-electron chi connectivity index (χ1n) is 8.52. The van der Waals surface area contributed by atoms with E-state index in [2.05, 4.69) is 36.5 Å². The molecule has 0 aromatic heterocycles. The first kappa shape index (κ1) is 19.7. The molecule has 0 bridgehead atoms. The number of hydrogen-bond acceptors (Lipinski definition) is 2. The second kappa shape index (κ2) is 9.23. The van der Waals surface area contributed by atoms with Crippen LogP contribution in [-0.4, -0.2) is 4.99 Å². The van der Waals surface area contributed by atoms with Crippen molar-refractivity contribution in [3.8, 4) is 5.75 Å². The molecule has 5 heteroatoms. The number of nitrogens with one attached hydrogen (secondary N) is 1. The van der Waals surface area contributed by atoms with Gasteiger partial charge in [0.25, 0.3) is 0 Å². The first-order chi connectivity index (χ1) is 13.0. The van der Waals surface area contributed by atoms with Crippen LogP contribution in [0.4, 0.5) is 0 Å². The van der Waals surface area contributed by atoms with Crippen molar-refractivity contribution in [2.24, 2.45) is 0 Å². The highest BCUT2D eigenvalue weighted by atomic mass is 35.5. The lowest BCUT2D eigenvalue weighted by atomic mass is 10.1. The molecule has 0 saturated heterocycles. The van der Waals surface area contributed by atoms with Crippen molar-refractivity contribution in [2.45, 2.75) is 20.1 Å². The van der Waals surface area contributed by atoms with E-state index in [-0.39, 0.29) is 0 Å². The van der Waals surface area contributed by atoms with Gasteiger partial charge in [0.2, 0.25) is 0 Å². The Kier molecular flexibility index (Phi) is 6.73. The van der Waals surface area contributed by atoms with E-state index < -0.39 is 0 Å². The maximum Gasteiger partial charge on any atom is 0.129 e. The summed E-state index contributed by atoms with van der Waals surface area (Å²) in [5, 5.41) is 4.49. The third-order valence-corrected chi connectivity index (χ3v) is 5.05. The van der Waals surface area contributed by atoms with Crippen LogP contribution in [-0.2, 0) is 13.2 Å². The Morgan fingerprint density at radius 3 is 2.48 bits per heavy atom. The molecule has 0 heterocycles. The zero-order valence-corrected chi connectivity index (χ0v) is 17.2. The molecule has 0 aliphatic heterocycles. The summed E-state index contributed by atoms with van der Waals surface area (Å²) >= 11 is 17.7. The first-order valence-corrected chi connectivity index (χ1v) is 9.69. The molecular weight excluding hydrogens is 397 g/mol. The molecule has 27 heavy (non-hydrogen) atoms. The highest BCUT2D eigenvalue weighted by Crippen LogP contribution is 2.24. The molecule has 0 fully saturated rings. The number of rotatable bonds is 6. The quantitative estimate of drug-likeness (QED) is 0.474. The van der Waals surface area contributed by atoms with Gasteiger partial charge in [-0.2, -0.15) is 0 Å². The zero-order chi connectivity index (χ0) is 19.2. The van der Waals surface area contributed by atoms with Crippen LogP contribution in [0.2, 0.25) is 10.0 Å². The van der Waals surface area contributed by atoms with Crippen LogP contribution in [0.1, 0.15) is 22.3 Å². The van der Waals surface area contributed by atoms with Gasteiger partial charge in [-0.05, 0) is 36.8 Å². The summed E-state index contributed by atoms with van der Waals surface area (Å²) in [5.41, 5.74) is 4.13. The van der Waals surface area contributed by atoms with E-state index in [4.69, 9.17) is 40.2 Å². The van der Waals surface area contributed by atoms with Gasteiger partial charge in [-0.3, -0.25) is 0 Å². The van der Waals surface area contributed by atoms with Crippen LogP contribution in [0.25, 0.3) is 0 Å². The van der Waals surface area contributed by atoms with Gasteiger partial charge >= 0.3 is 0 Å². The molecule has 0 unspecified atom stereocenters. The van der Waals surface area contributed by atoms with E-state index in [0.29, 0.717) is 33.9 Å². The SMILES string of the molecule is Cc1ccc(CNC(=S)c2ccccc2OCc2ccc(Cl)cc2Cl)cc1. The minimum Gasteiger partial charge on any atom is -0.488 e. The van der Waals surface area contributed by atoms with Crippen LogP contribution >= 0.6 is 35.4 Å². The summed E-state index contributed by atoms with van der Waals surface area (Å²) in [7, 11) is 0. The Hall–Kier alpha value is -2.07. The lowest BCUT2D eigenvalue weighted by Gasteiger charge is -2.14. The summed E-state index contributed by atoms with van der Waals surface area (Å²) in [4.78, 5) is 0.647. The van der Waals surface area contributed by atoms with E-state index in [1.165, 1.54) is 11.1 Å². The van der Waals surface area contributed by atoms with Crippen molar-refractivity contribution in [3.63, 3.8) is 0 Å². The number of hydrogen-bond donors (Lipinski definition) is 1. The molecule has 0 aliphatic carbocycles. The molecule has 0 atom stereocenters. The number of aryl methyl sites for hydroxylation is 1. The summed E-state index contributed by atoms with van der Waals surface area (Å²) in [6.07, 6.45) is 0. The van der Waals surface area contributed by atoms with E-state index in [9.17, 15) is 0 Å². The largest absolute Gasteiger partial charge is 0.488 e. The zero-order valence-electron chi connectivity index (χ0n) is 14.8. The Balaban J connectivity index is 1.67. The fourth-order valence-electron chi connectivity index (χ4n) is 2.56. The van der Waals surface area contributed by atoms with Gasteiger partial charge in [0.1, 0.15) is 17.3 Å². The Morgan fingerprint density at radius 2 is 1.74 bits per heavy atom. The van der Waals surface area contributed by atoms with Gasteiger partial charge in [-0.25, -0.2) is 0 Å². The van der Waals surface area contributed by atoms with Crippen molar-refractivity contribution >= 4 is 40.4 Å². The van der Waals surface area contributed by atoms with Crippen molar-refractivity contribution < 1.29 is 4.74 Å². The van der Waals surface area contributed by atoms with E-state index in [1.807, 2.05) is 30.3 Å². The maximum atomic E-state index is 6.22. The summed E-state index contributed by atoms with van der Waals surface area (Å²) < 4.78 is 5.98. The van der Waals surface area contributed by atoms with Crippen LogP contribution in [0.3, 0.4) is 0 Å². The lowest BCUT2D eigenvalue weighted by Crippen LogP contribution is -2.22. The predicted octanol–water partition coefficient (Wildman–Crippen LogP) is 6.35. The minimum absolute atomic E-state index is 0.341. The number of para-hydroxylation sites is 1. The van der Waals surface area contributed by atoms with Gasteiger partial charge in [0, 0.05) is 22.2 Å². The van der Waals surface area contributed by atoms with Gasteiger partial charge < -0.3 is 10.1 Å². The average molecular weight is 416 g/mol. The minimum atomic E-state index is 0.341. The van der Waals surface area contributed by atoms with Crippen LogP contribution in [0.15, 0.2) is 66.7 Å². The molecule has 3 aromatic carbocycles. The van der Waals surface area contributed by atoms with Crippen LogP contribution in [0.5, 0.6) is 5.75 Å². The molecule has 0 aliphatic rings. The molecule has 2 nitrogen and oxygen atoms in total. The fraction of sp³-hybridized carbons (Fsp3) is 0.136. The number of halogens is 2. The average Bonchev–Trinajstić information content (AvgIpc) is 2.67. The third-order valence-electron chi connectivity index (χ3n) is 4.10. The smallest absolute Gasteiger partial charge is 0.129 e. The molecule has 3 aromatic rings. The highest BCUT2D eigenvalue weighted by molar-refractivity contribution is 7.80. The van der Waals surface area contributed by atoms with Gasteiger partial charge in [0.05, 0.1) is 5.56 Å². The van der Waals surface area contributed by atoms with Gasteiger partial charge in [0.15, 0.2) is 0 Å². The highest BCUT2D eigenvalue weighted by Gasteiger charge is 2.10. The van der Waals surface area contributed by atoms with E-state index >= 15 is 0 Å². The van der Waals surface area contributed by atoms with E-state index in [1.54, 1.807) is 12.1 Å². The fourth-order valence-corrected chi connectivity index (χ4v) is 3.26. The second-order valence-electron chi connectivity index (χ2n) is 6.19. The molecule has 0 amide bonds. The molecule has 138 valence electrons. The Labute approximate surface area is 175 Å².